The largest absolute Gasteiger partial charge is 0.390 e. The van der Waals surface area contributed by atoms with E-state index in [0.29, 0.717) is 19.3 Å². The van der Waals surface area contributed by atoms with Crippen LogP contribution in [0, 0.1) is 0 Å². The van der Waals surface area contributed by atoms with Gasteiger partial charge in [0.25, 0.3) is 0 Å². The van der Waals surface area contributed by atoms with Crippen LogP contribution in [0.25, 0.3) is 0 Å². The molecule has 2 heteroatoms. The maximum atomic E-state index is 10.5. The minimum absolute atomic E-state index is 0.505. The first-order chi connectivity index (χ1) is 10.1. The molecule has 112 valence electrons. The van der Waals surface area contributed by atoms with Crippen molar-refractivity contribution in [3.05, 3.63) is 71.8 Å². The highest BCUT2D eigenvalue weighted by molar-refractivity contribution is 5.17. The predicted molar refractivity (Wildman–Crippen MR) is 86.0 cm³/mol. The molecule has 2 atom stereocenters. The van der Waals surface area contributed by atoms with Crippen LogP contribution < -0.4 is 0 Å². The number of benzene rings is 2. The first kappa shape index (κ1) is 15.7. The van der Waals surface area contributed by atoms with Crippen LogP contribution in [0.4, 0.5) is 0 Å². The second-order valence-corrected chi connectivity index (χ2v) is 5.95. The van der Waals surface area contributed by atoms with Gasteiger partial charge in [0.2, 0.25) is 0 Å². The lowest BCUT2D eigenvalue weighted by molar-refractivity contribution is 0.0246. The number of rotatable bonds is 7. The molecule has 0 bridgehead atoms. The highest BCUT2D eigenvalue weighted by Crippen LogP contribution is 2.25. The zero-order chi connectivity index (χ0) is 15.1. The summed E-state index contributed by atoms with van der Waals surface area (Å²) in [5, 5.41) is 20.6. The van der Waals surface area contributed by atoms with Crippen molar-refractivity contribution in [2.75, 3.05) is 0 Å². The fraction of sp³-hybridized carbons (Fsp3) is 0.368. The van der Waals surface area contributed by atoms with Crippen molar-refractivity contribution in [2.45, 2.75) is 44.3 Å². The first-order valence-corrected chi connectivity index (χ1v) is 7.56. The van der Waals surface area contributed by atoms with Gasteiger partial charge in [-0.2, -0.15) is 0 Å². The Labute approximate surface area is 127 Å². The molecule has 2 aromatic carbocycles. The summed E-state index contributed by atoms with van der Waals surface area (Å²) in [5.41, 5.74) is 1.41. The molecule has 0 saturated carbocycles. The van der Waals surface area contributed by atoms with Gasteiger partial charge in [0.05, 0.1) is 11.7 Å². The fourth-order valence-electron chi connectivity index (χ4n) is 2.47. The summed E-state index contributed by atoms with van der Waals surface area (Å²) in [6.07, 6.45) is 2.23. The lowest BCUT2D eigenvalue weighted by Gasteiger charge is -2.24. The number of aliphatic hydroxyl groups is 2. The van der Waals surface area contributed by atoms with Crippen molar-refractivity contribution in [1.82, 2.24) is 0 Å². The molecule has 0 heterocycles. The number of hydrogen-bond donors (Lipinski definition) is 2. The molecule has 2 rings (SSSR count). The number of hydrogen-bond acceptors (Lipinski definition) is 2. The second-order valence-electron chi connectivity index (χ2n) is 5.95. The topological polar surface area (TPSA) is 40.5 Å². The van der Waals surface area contributed by atoms with E-state index in [1.165, 1.54) is 5.56 Å². The van der Waals surface area contributed by atoms with E-state index in [9.17, 15) is 10.2 Å². The maximum Gasteiger partial charge on any atom is 0.0791 e. The van der Waals surface area contributed by atoms with Gasteiger partial charge in [-0.3, -0.25) is 0 Å². The van der Waals surface area contributed by atoms with Crippen LogP contribution in [0.1, 0.15) is 43.4 Å². The van der Waals surface area contributed by atoms with Gasteiger partial charge in [-0.1, -0.05) is 60.7 Å². The van der Waals surface area contributed by atoms with E-state index in [0.717, 1.165) is 12.0 Å². The Kier molecular flexibility index (Phi) is 5.54. The Morgan fingerprint density at radius 3 is 2.10 bits per heavy atom. The molecule has 0 fully saturated rings. The molecule has 0 saturated heterocycles. The smallest absolute Gasteiger partial charge is 0.0791 e. The Morgan fingerprint density at radius 1 is 0.905 bits per heavy atom. The van der Waals surface area contributed by atoms with E-state index in [4.69, 9.17) is 0 Å². The highest BCUT2D eigenvalue weighted by Gasteiger charge is 2.22. The molecule has 0 aromatic heterocycles. The summed E-state index contributed by atoms with van der Waals surface area (Å²) in [6.45, 7) is 1.85. The van der Waals surface area contributed by atoms with Crippen LogP contribution in [-0.4, -0.2) is 15.8 Å². The molecule has 2 unspecified atom stereocenters. The van der Waals surface area contributed by atoms with E-state index >= 15 is 0 Å². The van der Waals surface area contributed by atoms with Crippen molar-refractivity contribution < 1.29 is 10.2 Å². The quantitative estimate of drug-likeness (QED) is 0.810. The third-order valence-electron chi connectivity index (χ3n) is 3.94. The van der Waals surface area contributed by atoms with E-state index in [-0.39, 0.29) is 0 Å². The fourth-order valence-corrected chi connectivity index (χ4v) is 2.47. The van der Waals surface area contributed by atoms with Gasteiger partial charge < -0.3 is 10.2 Å². The summed E-state index contributed by atoms with van der Waals surface area (Å²) in [7, 11) is 0. The van der Waals surface area contributed by atoms with Gasteiger partial charge >= 0.3 is 0 Å². The summed E-state index contributed by atoms with van der Waals surface area (Å²) in [4.78, 5) is 0. The van der Waals surface area contributed by atoms with Crippen molar-refractivity contribution in [3.63, 3.8) is 0 Å². The molecular formula is C19H24O2. The first-order valence-electron chi connectivity index (χ1n) is 7.56. The zero-order valence-corrected chi connectivity index (χ0v) is 12.6. The SMILES string of the molecule is CC(O)(CCc1ccccc1)CCC(O)c1ccccc1. The van der Waals surface area contributed by atoms with Crippen molar-refractivity contribution in [1.29, 1.82) is 0 Å². The molecule has 0 aliphatic carbocycles. The van der Waals surface area contributed by atoms with Crippen LogP contribution >= 0.6 is 0 Å². The van der Waals surface area contributed by atoms with Gasteiger partial charge in [-0.15, -0.1) is 0 Å². The van der Waals surface area contributed by atoms with Crippen molar-refractivity contribution in [2.24, 2.45) is 0 Å². The molecule has 0 aliphatic heterocycles. The van der Waals surface area contributed by atoms with Crippen LogP contribution in [0.5, 0.6) is 0 Å². The van der Waals surface area contributed by atoms with Crippen LogP contribution in [0.2, 0.25) is 0 Å². The zero-order valence-electron chi connectivity index (χ0n) is 12.6. The molecule has 0 aliphatic rings. The van der Waals surface area contributed by atoms with Crippen LogP contribution in [0.3, 0.4) is 0 Å². The van der Waals surface area contributed by atoms with Gasteiger partial charge in [0.1, 0.15) is 0 Å². The molecule has 0 amide bonds. The number of aliphatic hydroxyl groups excluding tert-OH is 1. The summed E-state index contributed by atoms with van der Waals surface area (Å²) in [6, 6.07) is 19.8. The molecular weight excluding hydrogens is 260 g/mol. The van der Waals surface area contributed by atoms with Crippen LogP contribution in [-0.2, 0) is 6.42 Å². The van der Waals surface area contributed by atoms with Gasteiger partial charge in [0.15, 0.2) is 0 Å². The lowest BCUT2D eigenvalue weighted by atomic mass is 9.90. The highest BCUT2D eigenvalue weighted by atomic mass is 16.3. The lowest BCUT2D eigenvalue weighted by Crippen LogP contribution is -2.25. The van der Waals surface area contributed by atoms with Crippen LogP contribution in [0.15, 0.2) is 60.7 Å². The van der Waals surface area contributed by atoms with Crippen molar-refractivity contribution >= 4 is 0 Å². The minimum atomic E-state index is -0.744. The molecule has 2 nitrogen and oxygen atoms in total. The Balaban J connectivity index is 1.81. The van der Waals surface area contributed by atoms with Gasteiger partial charge in [-0.25, -0.2) is 0 Å². The van der Waals surface area contributed by atoms with E-state index in [1.807, 2.05) is 55.5 Å². The monoisotopic (exact) mass is 284 g/mol. The standard InChI is InChI=1S/C19H24O2/c1-19(21,14-12-16-8-4-2-5-9-16)15-13-18(20)17-10-6-3-7-11-17/h2-11,18,20-21H,12-15H2,1H3. The van der Waals surface area contributed by atoms with E-state index in [1.54, 1.807) is 0 Å². The molecule has 2 N–H and O–H groups in total. The summed E-state index contributed by atoms with van der Waals surface area (Å²) < 4.78 is 0. The molecule has 0 radical (unpaired) electrons. The average Bonchev–Trinajstić information content (AvgIpc) is 2.53. The summed E-state index contributed by atoms with van der Waals surface area (Å²) >= 11 is 0. The molecule has 0 spiro atoms. The molecule has 2 aromatic rings. The third kappa shape index (κ3) is 5.33. The average molecular weight is 284 g/mol. The Morgan fingerprint density at radius 2 is 1.48 bits per heavy atom. The Bertz CT molecular complexity index is 520. The second kappa shape index (κ2) is 7.39. The minimum Gasteiger partial charge on any atom is -0.390 e. The van der Waals surface area contributed by atoms with Gasteiger partial charge in [-0.05, 0) is 43.7 Å². The summed E-state index contributed by atoms with van der Waals surface area (Å²) in [5.74, 6) is 0. The predicted octanol–water partition coefficient (Wildman–Crippen LogP) is 3.88. The normalized spacial score (nSPS) is 15.4. The molecule has 21 heavy (non-hydrogen) atoms. The maximum absolute atomic E-state index is 10.5. The Hall–Kier alpha value is -1.64. The van der Waals surface area contributed by atoms with Gasteiger partial charge in [0, 0.05) is 0 Å². The van der Waals surface area contributed by atoms with E-state index < -0.39 is 11.7 Å². The third-order valence-corrected chi connectivity index (χ3v) is 3.94. The number of aryl methyl sites for hydroxylation is 1. The van der Waals surface area contributed by atoms with E-state index in [2.05, 4.69) is 12.1 Å². The van der Waals surface area contributed by atoms with Crippen molar-refractivity contribution in [3.8, 4) is 0 Å².